The molecule has 30 heavy (non-hydrogen) atoms. The number of carbonyl (C=O) groups is 1. The summed E-state index contributed by atoms with van der Waals surface area (Å²) in [5.74, 6) is 2.65. The van der Waals surface area contributed by atoms with E-state index in [9.17, 15) is 4.79 Å². The van der Waals surface area contributed by atoms with E-state index in [4.69, 9.17) is 0 Å². The zero-order valence-corrected chi connectivity index (χ0v) is 18.9. The molecule has 0 aromatic heterocycles. The lowest BCUT2D eigenvalue weighted by molar-refractivity contribution is -0.120. The molecule has 0 amide bonds. The van der Waals surface area contributed by atoms with Crippen LogP contribution in [0.15, 0.2) is 48.5 Å². The first-order chi connectivity index (χ1) is 14.6. The summed E-state index contributed by atoms with van der Waals surface area (Å²) in [6.07, 6.45) is 11.9. The van der Waals surface area contributed by atoms with Gasteiger partial charge in [0.1, 0.15) is 5.78 Å². The van der Waals surface area contributed by atoms with Crippen molar-refractivity contribution in [3.63, 3.8) is 0 Å². The molecule has 2 fully saturated rings. The van der Waals surface area contributed by atoms with Gasteiger partial charge in [0.2, 0.25) is 0 Å². The number of aryl methyl sites for hydroxylation is 2. The minimum Gasteiger partial charge on any atom is -0.300 e. The standard InChI is InChI=1S/C29H38O/c1-21-11-3-9-17-26(21)28(23-13-5-6-14-23)19-25(30)20-29(24-15-7-8-16-24)27-18-10-4-12-22(27)2/h3-4,9-12,17-18,23-24,28-29H,5-8,13-16,19-20H2,1-2H3/t28-,29+. The molecule has 0 heterocycles. The van der Waals surface area contributed by atoms with E-state index in [1.54, 1.807) is 0 Å². The average molecular weight is 403 g/mol. The lowest BCUT2D eigenvalue weighted by atomic mass is 9.75. The number of hydrogen-bond donors (Lipinski definition) is 0. The molecule has 2 saturated carbocycles. The Morgan fingerprint density at radius 1 is 0.700 bits per heavy atom. The van der Waals surface area contributed by atoms with Crippen molar-refractivity contribution in [2.75, 3.05) is 0 Å². The molecule has 0 unspecified atom stereocenters. The first kappa shape index (κ1) is 21.3. The number of rotatable bonds is 8. The number of ketones is 1. The number of benzene rings is 2. The summed E-state index contributed by atoms with van der Waals surface area (Å²) in [5.41, 5.74) is 5.55. The Morgan fingerprint density at radius 2 is 1.07 bits per heavy atom. The van der Waals surface area contributed by atoms with Crippen molar-refractivity contribution < 1.29 is 4.79 Å². The van der Waals surface area contributed by atoms with Crippen molar-refractivity contribution >= 4 is 5.78 Å². The second-order valence-corrected chi connectivity index (χ2v) is 9.96. The van der Waals surface area contributed by atoms with E-state index in [0.717, 1.165) is 12.8 Å². The molecule has 0 spiro atoms. The lowest BCUT2D eigenvalue weighted by Crippen LogP contribution is -2.20. The molecule has 1 heteroatoms. The Balaban J connectivity index is 1.55. The van der Waals surface area contributed by atoms with Crippen LogP contribution in [0, 0.1) is 25.7 Å². The summed E-state index contributed by atoms with van der Waals surface area (Å²) in [4.78, 5) is 13.5. The van der Waals surface area contributed by atoms with Crippen molar-refractivity contribution in [1.82, 2.24) is 0 Å². The van der Waals surface area contributed by atoms with Gasteiger partial charge in [-0.1, -0.05) is 74.2 Å². The Hall–Kier alpha value is -1.89. The zero-order chi connectivity index (χ0) is 20.9. The Bertz CT molecular complexity index is 769. The van der Waals surface area contributed by atoms with Crippen LogP contribution < -0.4 is 0 Å². The molecule has 0 aliphatic heterocycles. The molecule has 160 valence electrons. The van der Waals surface area contributed by atoms with Gasteiger partial charge in [-0.2, -0.15) is 0 Å². The van der Waals surface area contributed by atoms with Crippen LogP contribution in [-0.2, 0) is 4.79 Å². The van der Waals surface area contributed by atoms with Crippen molar-refractivity contribution in [3.8, 4) is 0 Å². The van der Waals surface area contributed by atoms with Gasteiger partial charge < -0.3 is 0 Å². The Morgan fingerprint density at radius 3 is 1.43 bits per heavy atom. The molecule has 2 aromatic carbocycles. The summed E-state index contributed by atoms with van der Waals surface area (Å²) in [5, 5.41) is 0. The SMILES string of the molecule is Cc1ccccc1[C@@H](CC(=O)C[C@@H](c1ccccc1C)C1CCCC1)C1CCCC1. The summed E-state index contributed by atoms with van der Waals surface area (Å²) < 4.78 is 0. The molecular formula is C29H38O. The third-order valence-electron chi connectivity index (χ3n) is 8.01. The van der Waals surface area contributed by atoms with Gasteiger partial charge in [0, 0.05) is 12.8 Å². The molecule has 4 rings (SSSR count). The van der Waals surface area contributed by atoms with E-state index in [2.05, 4.69) is 62.4 Å². The molecule has 0 saturated heterocycles. The van der Waals surface area contributed by atoms with Crippen LogP contribution in [0.1, 0.15) is 98.3 Å². The number of carbonyl (C=O) groups excluding carboxylic acids is 1. The molecule has 0 N–H and O–H groups in total. The van der Waals surface area contributed by atoms with Gasteiger partial charge in [0.25, 0.3) is 0 Å². The van der Waals surface area contributed by atoms with Crippen molar-refractivity contribution in [2.24, 2.45) is 11.8 Å². The number of Topliss-reactive ketones (excluding diaryl/α,β-unsaturated/α-hetero) is 1. The van der Waals surface area contributed by atoms with E-state index >= 15 is 0 Å². The molecule has 0 radical (unpaired) electrons. The lowest BCUT2D eigenvalue weighted by Gasteiger charge is -2.28. The Kier molecular flexibility index (Phi) is 7.08. The fourth-order valence-electron chi connectivity index (χ4n) is 6.36. The van der Waals surface area contributed by atoms with Crippen LogP contribution in [0.4, 0.5) is 0 Å². The first-order valence-corrected chi connectivity index (χ1v) is 12.3. The van der Waals surface area contributed by atoms with Crippen molar-refractivity contribution in [3.05, 3.63) is 70.8 Å². The van der Waals surface area contributed by atoms with Crippen LogP contribution in [0.5, 0.6) is 0 Å². The summed E-state index contributed by atoms with van der Waals surface area (Å²) >= 11 is 0. The molecule has 2 aliphatic carbocycles. The minimum atomic E-state index is 0.405. The van der Waals surface area contributed by atoms with Crippen LogP contribution in [-0.4, -0.2) is 5.78 Å². The molecule has 2 aromatic rings. The van der Waals surface area contributed by atoms with Crippen LogP contribution in [0.3, 0.4) is 0 Å². The topological polar surface area (TPSA) is 17.1 Å². The summed E-state index contributed by atoms with van der Waals surface area (Å²) in [6, 6.07) is 17.6. The maximum absolute atomic E-state index is 13.5. The van der Waals surface area contributed by atoms with Crippen LogP contribution in [0.25, 0.3) is 0 Å². The van der Waals surface area contributed by atoms with E-state index in [1.807, 2.05) is 0 Å². The van der Waals surface area contributed by atoms with E-state index in [1.165, 1.54) is 73.6 Å². The average Bonchev–Trinajstić information content (AvgIpc) is 3.46. The monoisotopic (exact) mass is 402 g/mol. The molecule has 1 nitrogen and oxygen atoms in total. The second-order valence-electron chi connectivity index (χ2n) is 9.96. The highest BCUT2D eigenvalue weighted by atomic mass is 16.1. The second kappa shape index (κ2) is 9.94. The quantitative estimate of drug-likeness (QED) is 0.438. The Labute approximate surface area is 183 Å². The van der Waals surface area contributed by atoms with Gasteiger partial charge in [-0.05, 0) is 85.5 Å². The zero-order valence-electron chi connectivity index (χ0n) is 18.9. The highest BCUT2D eigenvalue weighted by molar-refractivity contribution is 5.80. The van der Waals surface area contributed by atoms with E-state index < -0.39 is 0 Å². The fraction of sp³-hybridized carbons (Fsp3) is 0.552. The van der Waals surface area contributed by atoms with Gasteiger partial charge >= 0.3 is 0 Å². The molecule has 2 aliphatic rings. The summed E-state index contributed by atoms with van der Waals surface area (Å²) in [7, 11) is 0. The maximum Gasteiger partial charge on any atom is 0.134 e. The molecule has 0 bridgehead atoms. The highest BCUT2D eigenvalue weighted by Crippen LogP contribution is 2.44. The maximum atomic E-state index is 13.5. The van der Waals surface area contributed by atoms with Crippen molar-refractivity contribution in [2.45, 2.75) is 89.9 Å². The summed E-state index contributed by atoms with van der Waals surface area (Å²) in [6.45, 7) is 4.44. The predicted octanol–water partition coefficient (Wildman–Crippen LogP) is 7.90. The highest BCUT2D eigenvalue weighted by Gasteiger charge is 2.32. The molecule has 2 atom stereocenters. The van der Waals surface area contributed by atoms with Gasteiger partial charge in [0.05, 0.1) is 0 Å². The van der Waals surface area contributed by atoms with Gasteiger partial charge in [-0.3, -0.25) is 4.79 Å². The van der Waals surface area contributed by atoms with Crippen molar-refractivity contribution in [1.29, 1.82) is 0 Å². The third-order valence-corrected chi connectivity index (χ3v) is 8.01. The van der Waals surface area contributed by atoms with Gasteiger partial charge in [0.15, 0.2) is 0 Å². The van der Waals surface area contributed by atoms with Gasteiger partial charge in [-0.25, -0.2) is 0 Å². The normalized spacial score (nSPS) is 19.8. The first-order valence-electron chi connectivity index (χ1n) is 12.3. The largest absolute Gasteiger partial charge is 0.300 e. The smallest absolute Gasteiger partial charge is 0.134 e. The fourth-order valence-corrected chi connectivity index (χ4v) is 6.36. The van der Waals surface area contributed by atoms with E-state index in [0.29, 0.717) is 29.5 Å². The van der Waals surface area contributed by atoms with Crippen LogP contribution in [0.2, 0.25) is 0 Å². The van der Waals surface area contributed by atoms with Crippen LogP contribution >= 0.6 is 0 Å². The third kappa shape index (κ3) is 4.88. The molecular weight excluding hydrogens is 364 g/mol. The van der Waals surface area contributed by atoms with Gasteiger partial charge in [-0.15, -0.1) is 0 Å². The minimum absolute atomic E-state index is 0.405. The van der Waals surface area contributed by atoms with E-state index in [-0.39, 0.29) is 0 Å². The predicted molar refractivity (Wildman–Crippen MR) is 126 cm³/mol. The number of hydrogen-bond acceptors (Lipinski definition) is 1.